The summed E-state index contributed by atoms with van der Waals surface area (Å²) >= 11 is 0. The van der Waals surface area contributed by atoms with Crippen LogP contribution in [-0.2, 0) is 13.5 Å². The van der Waals surface area contributed by atoms with Crippen LogP contribution in [0.1, 0.15) is 18.9 Å². The molecule has 0 aliphatic heterocycles. The molecule has 0 saturated heterocycles. The van der Waals surface area contributed by atoms with Crippen molar-refractivity contribution in [1.82, 2.24) is 9.78 Å². The zero-order valence-corrected chi connectivity index (χ0v) is 7.83. The van der Waals surface area contributed by atoms with E-state index in [1.54, 1.807) is 0 Å². The second-order valence-corrected chi connectivity index (χ2v) is 3.41. The summed E-state index contributed by atoms with van der Waals surface area (Å²) in [4.78, 5) is 0. The molecular weight excluding hydrogens is 150 g/mol. The molecule has 68 valence electrons. The van der Waals surface area contributed by atoms with E-state index < -0.39 is 0 Å². The van der Waals surface area contributed by atoms with Crippen molar-refractivity contribution < 1.29 is 0 Å². The molecule has 1 heterocycles. The Bertz CT molecular complexity index is 229. The lowest BCUT2D eigenvalue weighted by Gasteiger charge is -2.06. The van der Waals surface area contributed by atoms with Gasteiger partial charge in [-0.3, -0.25) is 4.68 Å². The van der Waals surface area contributed by atoms with Crippen molar-refractivity contribution in [2.45, 2.75) is 19.8 Å². The maximum absolute atomic E-state index is 5.47. The summed E-state index contributed by atoms with van der Waals surface area (Å²) in [6, 6.07) is 0. The van der Waals surface area contributed by atoms with Gasteiger partial charge in [0, 0.05) is 13.2 Å². The van der Waals surface area contributed by atoms with Gasteiger partial charge in [0.1, 0.15) is 0 Å². The molecular formula is C9H17N3. The molecule has 1 aromatic heterocycles. The normalized spacial score (nSPS) is 13.2. The van der Waals surface area contributed by atoms with E-state index in [4.69, 9.17) is 5.73 Å². The minimum atomic E-state index is 0.666. The van der Waals surface area contributed by atoms with E-state index in [0.717, 1.165) is 19.4 Å². The molecule has 1 aromatic rings. The Morgan fingerprint density at radius 3 is 2.92 bits per heavy atom. The van der Waals surface area contributed by atoms with Crippen molar-refractivity contribution in [2.75, 3.05) is 6.54 Å². The van der Waals surface area contributed by atoms with Crippen molar-refractivity contribution in [2.24, 2.45) is 18.7 Å². The van der Waals surface area contributed by atoms with E-state index in [2.05, 4.69) is 18.2 Å². The molecule has 0 amide bonds. The summed E-state index contributed by atoms with van der Waals surface area (Å²) in [5.74, 6) is 0.666. The molecule has 0 aromatic carbocycles. The summed E-state index contributed by atoms with van der Waals surface area (Å²) < 4.78 is 1.84. The molecule has 1 unspecified atom stereocenters. The Morgan fingerprint density at radius 2 is 2.42 bits per heavy atom. The van der Waals surface area contributed by atoms with Gasteiger partial charge in [-0.1, -0.05) is 6.92 Å². The number of hydrogen-bond donors (Lipinski definition) is 1. The topological polar surface area (TPSA) is 43.8 Å². The first-order valence-electron chi connectivity index (χ1n) is 4.40. The first kappa shape index (κ1) is 9.26. The SMILES string of the molecule is CC(CCN)Cc1cnn(C)c1. The van der Waals surface area contributed by atoms with Crippen molar-refractivity contribution in [1.29, 1.82) is 0 Å². The number of aryl methyl sites for hydroxylation is 1. The summed E-state index contributed by atoms with van der Waals surface area (Å²) in [5, 5.41) is 4.12. The highest BCUT2D eigenvalue weighted by molar-refractivity contribution is 5.04. The van der Waals surface area contributed by atoms with E-state index in [0.29, 0.717) is 5.92 Å². The van der Waals surface area contributed by atoms with E-state index in [1.807, 2.05) is 17.9 Å². The molecule has 0 spiro atoms. The smallest absolute Gasteiger partial charge is 0.0521 e. The van der Waals surface area contributed by atoms with Crippen molar-refractivity contribution in [3.05, 3.63) is 18.0 Å². The predicted octanol–water partition coefficient (Wildman–Crippen LogP) is 0.947. The molecule has 3 nitrogen and oxygen atoms in total. The maximum atomic E-state index is 5.47. The van der Waals surface area contributed by atoms with Gasteiger partial charge in [-0.25, -0.2) is 0 Å². The molecule has 2 N–H and O–H groups in total. The van der Waals surface area contributed by atoms with Gasteiger partial charge < -0.3 is 5.73 Å². The molecule has 0 fully saturated rings. The lowest BCUT2D eigenvalue weighted by Crippen LogP contribution is -2.07. The molecule has 0 saturated carbocycles. The zero-order chi connectivity index (χ0) is 8.97. The number of nitrogens with two attached hydrogens (primary N) is 1. The highest BCUT2D eigenvalue weighted by Gasteiger charge is 2.03. The fourth-order valence-corrected chi connectivity index (χ4v) is 1.37. The standard InChI is InChI=1S/C9H17N3/c1-8(3-4-10)5-9-6-11-12(2)7-9/h6-8H,3-5,10H2,1-2H3. The third kappa shape index (κ3) is 2.66. The monoisotopic (exact) mass is 167 g/mol. The summed E-state index contributed by atoms with van der Waals surface area (Å²) in [6.45, 7) is 3.00. The van der Waals surface area contributed by atoms with Crippen LogP contribution in [0.15, 0.2) is 12.4 Å². The van der Waals surface area contributed by atoms with Crippen LogP contribution in [0.5, 0.6) is 0 Å². The van der Waals surface area contributed by atoms with Crippen molar-refractivity contribution in [3.8, 4) is 0 Å². The first-order chi connectivity index (χ1) is 5.72. The fraction of sp³-hybridized carbons (Fsp3) is 0.667. The maximum Gasteiger partial charge on any atom is 0.0521 e. The van der Waals surface area contributed by atoms with Crippen LogP contribution < -0.4 is 5.73 Å². The van der Waals surface area contributed by atoms with Gasteiger partial charge in [0.05, 0.1) is 6.20 Å². The fourth-order valence-electron chi connectivity index (χ4n) is 1.37. The van der Waals surface area contributed by atoms with Gasteiger partial charge in [0.15, 0.2) is 0 Å². The van der Waals surface area contributed by atoms with Crippen molar-refractivity contribution >= 4 is 0 Å². The third-order valence-corrected chi connectivity index (χ3v) is 2.00. The third-order valence-electron chi connectivity index (χ3n) is 2.00. The Morgan fingerprint density at radius 1 is 1.67 bits per heavy atom. The molecule has 0 aliphatic rings. The van der Waals surface area contributed by atoms with Gasteiger partial charge in [-0.05, 0) is 30.9 Å². The molecule has 12 heavy (non-hydrogen) atoms. The first-order valence-corrected chi connectivity index (χ1v) is 4.40. The number of nitrogens with zero attached hydrogens (tertiary/aromatic N) is 2. The highest BCUT2D eigenvalue weighted by Crippen LogP contribution is 2.09. The number of rotatable bonds is 4. The van der Waals surface area contributed by atoms with Crippen LogP contribution in [0, 0.1) is 5.92 Å². The second-order valence-electron chi connectivity index (χ2n) is 3.41. The predicted molar refractivity (Wildman–Crippen MR) is 49.7 cm³/mol. The van der Waals surface area contributed by atoms with Crippen LogP contribution in [0.2, 0.25) is 0 Å². The largest absolute Gasteiger partial charge is 0.330 e. The van der Waals surface area contributed by atoms with Crippen LogP contribution in [0.4, 0.5) is 0 Å². The second kappa shape index (κ2) is 4.26. The van der Waals surface area contributed by atoms with Gasteiger partial charge in [0.25, 0.3) is 0 Å². The van der Waals surface area contributed by atoms with Crippen LogP contribution in [0.3, 0.4) is 0 Å². The van der Waals surface area contributed by atoms with Crippen LogP contribution in [-0.4, -0.2) is 16.3 Å². The summed E-state index contributed by atoms with van der Waals surface area (Å²) in [7, 11) is 1.94. The van der Waals surface area contributed by atoms with Crippen molar-refractivity contribution in [3.63, 3.8) is 0 Å². The summed E-state index contributed by atoms with van der Waals surface area (Å²) in [6.07, 6.45) is 6.17. The lowest BCUT2D eigenvalue weighted by atomic mass is 10.0. The molecule has 1 rings (SSSR count). The van der Waals surface area contributed by atoms with Crippen LogP contribution in [0.25, 0.3) is 0 Å². The Hall–Kier alpha value is -0.830. The average molecular weight is 167 g/mol. The summed E-state index contributed by atoms with van der Waals surface area (Å²) in [5.41, 5.74) is 6.77. The van der Waals surface area contributed by atoms with E-state index in [-0.39, 0.29) is 0 Å². The quantitative estimate of drug-likeness (QED) is 0.725. The van der Waals surface area contributed by atoms with Gasteiger partial charge >= 0.3 is 0 Å². The number of aromatic nitrogens is 2. The van der Waals surface area contributed by atoms with E-state index in [1.165, 1.54) is 5.56 Å². The molecule has 1 atom stereocenters. The Balaban J connectivity index is 2.41. The van der Waals surface area contributed by atoms with Gasteiger partial charge in [-0.15, -0.1) is 0 Å². The minimum absolute atomic E-state index is 0.666. The Kier molecular flexibility index (Phi) is 3.29. The molecule has 3 heteroatoms. The van der Waals surface area contributed by atoms with Gasteiger partial charge in [-0.2, -0.15) is 5.10 Å². The van der Waals surface area contributed by atoms with E-state index in [9.17, 15) is 0 Å². The number of hydrogen-bond acceptors (Lipinski definition) is 2. The van der Waals surface area contributed by atoms with Gasteiger partial charge in [0.2, 0.25) is 0 Å². The average Bonchev–Trinajstić information content (AvgIpc) is 2.36. The lowest BCUT2D eigenvalue weighted by molar-refractivity contribution is 0.538. The molecule has 0 aliphatic carbocycles. The Labute approximate surface area is 73.6 Å². The zero-order valence-electron chi connectivity index (χ0n) is 7.83. The van der Waals surface area contributed by atoms with Crippen LogP contribution >= 0.6 is 0 Å². The highest BCUT2D eigenvalue weighted by atomic mass is 15.2. The molecule has 0 radical (unpaired) electrons. The molecule has 0 bridgehead atoms. The van der Waals surface area contributed by atoms with E-state index >= 15 is 0 Å². The minimum Gasteiger partial charge on any atom is -0.330 e.